The molecule has 32 heavy (non-hydrogen) atoms. The van der Waals surface area contributed by atoms with E-state index < -0.39 is 6.04 Å². The first-order valence-corrected chi connectivity index (χ1v) is 11.8. The zero-order chi connectivity index (χ0) is 24.0. The Labute approximate surface area is 192 Å². The van der Waals surface area contributed by atoms with Crippen molar-refractivity contribution in [3.63, 3.8) is 0 Å². The van der Waals surface area contributed by atoms with Gasteiger partial charge in [0, 0.05) is 19.0 Å². The van der Waals surface area contributed by atoms with Crippen LogP contribution in [0.2, 0.25) is 0 Å². The summed E-state index contributed by atoms with van der Waals surface area (Å²) < 4.78 is 0. The summed E-state index contributed by atoms with van der Waals surface area (Å²) in [5.74, 6) is -0.292. The lowest BCUT2D eigenvalue weighted by molar-refractivity contribution is -0.126. The molecule has 0 spiro atoms. The summed E-state index contributed by atoms with van der Waals surface area (Å²) in [6.45, 7) is 2.01. The molecule has 0 aliphatic heterocycles. The molecular weight excluding hydrogens is 412 g/mol. The van der Waals surface area contributed by atoms with Crippen LogP contribution in [0.3, 0.4) is 0 Å². The fourth-order valence-corrected chi connectivity index (χ4v) is 3.44. The summed E-state index contributed by atoms with van der Waals surface area (Å²) in [6, 6.07) is -1.11. The summed E-state index contributed by atoms with van der Waals surface area (Å²) >= 11 is 0. The van der Waals surface area contributed by atoms with Crippen LogP contribution in [0.5, 0.6) is 0 Å². The van der Waals surface area contributed by atoms with E-state index in [0.717, 1.165) is 57.8 Å². The van der Waals surface area contributed by atoms with Crippen LogP contribution in [0.15, 0.2) is 0 Å². The van der Waals surface area contributed by atoms with Crippen LogP contribution in [-0.2, 0) is 19.2 Å². The maximum Gasteiger partial charge on any atom is 0.242 e. The third kappa shape index (κ3) is 14.9. The van der Waals surface area contributed by atoms with Gasteiger partial charge in [0.1, 0.15) is 12.3 Å². The number of likely N-dealkylation sites (N-methyl/N-ethyl adjacent to an activating group) is 1. The fraction of sp³-hybridized carbons (Fsp3) is 0.818. The standard InChI is InChI=1S/C22H44N6O4/c1-24-14-7-5-11-20(27-17-30)22(32)28-18(12-16-29)9-4-8-15-26-21(31)19(25-2)10-3-6-13-23/h16-20,24-25H,3-15,23H2,1-2H3,(H,26,31)(H,27,30)(H,28,32). The molecule has 0 aliphatic rings. The van der Waals surface area contributed by atoms with E-state index in [1.807, 2.05) is 7.05 Å². The molecule has 0 rings (SSSR count). The van der Waals surface area contributed by atoms with Gasteiger partial charge in [-0.05, 0) is 78.6 Å². The second-order valence-corrected chi connectivity index (χ2v) is 7.96. The molecule has 0 bridgehead atoms. The molecule has 0 aromatic carbocycles. The highest BCUT2D eigenvalue weighted by Crippen LogP contribution is 2.07. The van der Waals surface area contributed by atoms with Crippen molar-refractivity contribution in [3.05, 3.63) is 0 Å². The number of amides is 3. The Bertz CT molecular complexity index is 521. The molecule has 10 nitrogen and oxygen atoms in total. The van der Waals surface area contributed by atoms with Crippen LogP contribution in [0.25, 0.3) is 0 Å². The minimum Gasteiger partial charge on any atom is -0.355 e. The van der Waals surface area contributed by atoms with Gasteiger partial charge in [0.25, 0.3) is 0 Å². The number of hydrogen-bond donors (Lipinski definition) is 6. The first-order valence-electron chi connectivity index (χ1n) is 11.8. The maximum atomic E-state index is 12.5. The van der Waals surface area contributed by atoms with E-state index in [4.69, 9.17) is 5.73 Å². The van der Waals surface area contributed by atoms with Gasteiger partial charge in [-0.3, -0.25) is 14.4 Å². The van der Waals surface area contributed by atoms with Gasteiger partial charge in [-0.15, -0.1) is 0 Å². The van der Waals surface area contributed by atoms with Crippen LogP contribution >= 0.6 is 0 Å². The van der Waals surface area contributed by atoms with Gasteiger partial charge in [-0.1, -0.05) is 6.42 Å². The van der Waals surface area contributed by atoms with E-state index in [1.165, 1.54) is 0 Å². The largest absolute Gasteiger partial charge is 0.355 e. The second kappa shape index (κ2) is 20.8. The highest BCUT2D eigenvalue weighted by molar-refractivity contribution is 5.84. The zero-order valence-corrected chi connectivity index (χ0v) is 19.8. The van der Waals surface area contributed by atoms with Crippen molar-refractivity contribution in [1.82, 2.24) is 26.6 Å². The highest BCUT2D eigenvalue weighted by Gasteiger charge is 2.20. The molecule has 3 amide bonds. The zero-order valence-electron chi connectivity index (χ0n) is 19.8. The number of rotatable bonds is 22. The normalized spacial score (nSPS) is 13.6. The van der Waals surface area contributed by atoms with Crippen molar-refractivity contribution >= 4 is 24.5 Å². The van der Waals surface area contributed by atoms with Crippen molar-refractivity contribution in [2.24, 2.45) is 5.73 Å². The van der Waals surface area contributed by atoms with Crippen LogP contribution in [-0.4, -0.2) is 76.4 Å². The number of nitrogens with one attached hydrogen (secondary N) is 5. The third-order valence-electron chi connectivity index (χ3n) is 5.37. The average Bonchev–Trinajstić information content (AvgIpc) is 2.78. The lowest BCUT2D eigenvalue weighted by Gasteiger charge is -2.21. The molecule has 0 aliphatic carbocycles. The summed E-state index contributed by atoms with van der Waals surface area (Å²) in [5.41, 5.74) is 5.50. The Balaban J connectivity index is 4.35. The molecule has 10 heteroatoms. The quantitative estimate of drug-likeness (QED) is 0.0954. The van der Waals surface area contributed by atoms with Crippen LogP contribution in [0.4, 0.5) is 0 Å². The number of hydrogen-bond acceptors (Lipinski definition) is 7. The number of carbonyl (C=O) groups is 4. The minimum absolute atomic E-state index is 0.0247. The Morgan fingerprint density at radius 3 is 2.12 bits per heavy atom. The molecule has 0 saturated heterocycles. The van der Waals surface area contributed by atoms with Gasteiger partial charge in [-0.2, -0.15) is 0 Å². The lowest BCUT2D eigenvalue weighted by Crippen LogP contribution is -2.47. The van der Waals surface area contributed by atoms with Gasteiger partial charge >= 0.3 is 0 Å². The van der Waals surface area contributed by atoms with E-state index in [-0.39, 0.29) is 30.3 Å². The molecule has 0 heterocycles. The molecule has 0 radical (unpaired) electrons. The molecule has 0 fully saturated rings. The summed E-state index contributed by atoms with van der Waals surface area (Å²) in [6.07, 6.45) is 8.47. The SMILES string of the molecule is CNCCCCC(NC=O)C(=O)NC(CC=O)CCCCNC(=O)C(CCCCN)NC. The minimum atomic E-state index is -0.601. The highest BCUT2D eigenvalue weighted by atomic mass is 16.2. The Kier molecular flexibility index (Phi) is 19.5. The van der Waals surface area contributed by atoms with Crippen LogP contribution in [0, 0.1) is 0 Å². The van der Waals surface area contributed by atoms with Gasteiger partial charge in [0.05, 0.1) is 6.04 Å². The lowest BCUT2D eigenvalue weighted by atomic mass is 10.0. The first-order chi connectivity index (χ1) is 15.5. The van der Waals surface area contributed by atoms with E-state index in [9.17, 15) is 19.2 Å². The van der Waals surface area contributed by atoms with Crippen molar-refractivity contribution in [2.75, 3.05) is 33.7 Å². The van der Waals surface area contributed by atoms with Crippen molar-refractivity contribution in [3.8, 4) is 0 Å². The molecule has 3 unspecified atom stereocenters. The Morgan fingerprint density at radius 1 is 0.844 bits per heavy atom. The van der Waals surface area contributed by atoms with E-state index in [2.05, 4.69) is 26.6 Å². The van der Waals surface area contributed by atoms with Crippen molar-refractivity contribution < 1.29 is 19.2 Å². The van der Waals surface area contributed by atoms with Gasteiger partial charge in [0.2, 0.25) is 18.2 Å². The predicted octanol–water partition coefficient (Wildman–Crippen LogP) is -0.432. The van der Waals surface area contributed by atoms with Crippen molar-refractivity contribution in [1.29, 1.82) is 0 Å². The van der Waals surface area contributed by atoms with E-state index in [1.54, 1.807) is 7.05 Å². The Hall–Kier alpha value is -2.04. The fourth-order valence-electron chi connectivity index (χ4n) is 3.44. The van der Waals surface area contributed by atoms with Gasteiger partial charge in [0.15, 0.2) is 0 Å². The monoisotopic (exact) mass is 456 g/mol. The maximum absolute atomic E-state index is 12.5. The molecule has 186 valence electrons. The van der Waals surface area contributed by atoms with Gasteiger partial charge < -0.3 is 37.1 Å². The first kappa shape index (κ1) is 30.0. The average molecular weight is 457 g/mol. The topological polar surface area (TPSA) is 154 Å². The Morgan fingerprint density at radius 2 is 1.50 bits per heavy atom. The summed E-state index contributed by atoms with van der Waals surface area (Å²) in [7, 11) is 3.64. The van der Waals surface area contributed by atoms with E-state index >= 15 is 0 Å². The molecule has 7 N–H and O–H groups in total. The predicted molar refractivity (Wildman–Crippen MR) is 126 cm³/mol. The molecule has 3 atom stereocenters. The van der Waals surface area contributed by atoms with Crippen LogP contribution in [0.1, 0.15) is 64.2 Å². The summed E-state index contributed by atoms with van der Waals surface area (Å²) in [4.78, 5) is 46.7. The second-order valence-electron chi connectivity index (χ2n) is 7.96. The van der Waals surface area contributed by atoms with E-state index in [0.29, 0.717) is 32.3 Å². The van der Waals surface area contributed by atoms with Crippen molar-refractivity contribution in [2.45, 2.75) is 82.3 Å². The number of aldehydes is 1. The van der Waals surface area contributed by atoms with Gasteiger partial charge in [-0.25, -0.2) is 0 Å². The third-order valence-corrected chi connectivity index (χ3v) is 5.37. The molecule has 0 aromatic heterocycles. The number of nitrogens with two attached hydrogens (primary N) is 1. The number of carbonyl (C=O) groups excluding carboxylic acids is 4. The molecule has 0 aromatic rings. The van der Waals surface area contributed by atoms with Crippen LogP contribution < -0.4 is 32.3 Å². The smallest absolute Gasteiger partial charge is 0.242 e. The number of unbranched alkanes of at least 4 members (excludes halogenated alkanes) is 3. The summed E-state index contributed by atoms with van der Waals surface area (Å²) in [5, 5.41) is 14.5. The molecular formula is C22H44N6O4. The molecule has 0 saturated carbocycles.